The maximum Gasteiger partial charge on any atom is 0.210 e. The van der Waals surface area contributed by atoms with Gasteiger partial charge in [-0.1, -0.05) is 29.8 Å². The molecule has 0 aliphatic carbocycles. The van der Waals surface area contributed by atoms with E-state index in [0.717, 1.165) is 6.41 Å². The molecule has 0 saturated carbocycles. The Labute approximate surface area is 85.5 Å². The predicted molar refractivity (Wildman–Crippen MR) is 57.9 cm³/mol. The number of carbonyl (C=O) groups excluding carboxylic acids is 1. The monoisotopic (exact) mass is 191 g/mol. The first-order chi connectivity index (χ1) is 6.63. The van der Waals surface area contributed by atoms with Gasteiger partial charge in [-0.3, -0.25) is 4.79 Å². The van der Waals surface area contributed by atoms with Crippen LogP contribution in [-0.4, -0.2) is 17.4 Å². The highest BCUT2D eigenvalue weighted by atomic mass is 16.1. The maximum absolute atomic E-state index is 10.8. The second kappa shape index (κ2) is 4.80. The molecule has 0 bridgehead atoms. The van der Waals surface area contributed by atoms with E-state index in [0.29, 0.717) is 6.54 Å². The summed E-state index contributed by atoms with van der Waals surface area (Å²) in [6.07, 6.45) is 0.910. The van der Waals surface area contributed by atoms with E-state index in [1.165, 1.54) is 11.1 Å². The molecular weight excluding hydrogens is 174 g/mol. The Morgan fingerprint density at radius 3 is 2.64 bits per heavy atom. The number of aryl methyl sites for hydroxylation is 1. The Hall–Kier alpha value is -1.31. The minimum absolute atomic E-state index is 0.257. The molecule has 0 heterocycles. The highest BCUT2D eigenvalue weighted by Gasteiger charge is 2.06. The van der Waals surface area contributed by atoms with E-state index in [1.807, 2.05) is 26.0 Å². The first kappa shape index (κ1) is 10.8. The lowest BCUT2D eigenvalue weighted by Gasteiger charge is -2.21. The zero-order valence-electron chi connectivity index (χ0n) is 9.03. The van der Waals surface area contributed by atoms with E-state index in [9.17, 15) is 4.79 Å². The van der Waals surface area contributed by atoms with Crippen molar-refractivity contribution in [3.05, 3.63) is 35.4 Å². The van der Waals surface area contributed by atoms with E-state index >= 15 is 0 Å². The summed E-state index contributed by atoms with van der Waals surface area (Å²) in [5, 5.41) is 0. The molecule has 0 radical (unpaired) electrons. The summed E-state index contributed by atoms with van der Waals surface area (Å²) in [7, 11) is 0. The standard InChI is InChI=1S/C12H17NO/c1-10(2)13(9-14)8-12-6-4-5-11(3)7-12/h4-7,9-10H,8H2,1-3H3. The second-order valence-corrected chi connectivity index (χ2v) is 3.86. The molecular formula is C12H17NO. The molecule has 1 amide bonds. The van der Waals surface area contributed by atoms with Crippen LogP contribution in [0.2, 0.25) is 0 Å². The third-order valence-electron chi connectivity index (χ3n) is 2.25. The molecule has 1 aromatic carbocycles. The molecule has 2 heteroatoms. The molecule has 0 atom stereocenters. The van der Waals surface area contributed by atoms with Gasteiger partial charge in [0.1, 0.15) is 0 Å². The van der Waals surface area contributed by atoms with Gasteiger partial charge < -0.3 is 4.90 Å². The van der Waals surface area contributed by atoms with Gasteiger partial charge in [0.25, 0.3) is 0 Å². The summed E-state index contributed by atoms with van der Waals surface area (Å²) in [6, 6.07) is 8.50. The van der Waals surface area contributed by atoms with Crippen molar-refractivity contribution in [1.82, 2.24) is 4.90 Å². The Kier molecular flexibility index (Phi) is 3.69. The number of rotatable bonds is 4. The van der Waals surface area contributed by atoms with Gasteiger partial charge in [-0.2, -0.15) is 0 Å². The van der Waals surface area contributed by atoms with Crippen LogP contribution in [0.4, 0.5) is 0 Å². The largest absolute Gasteiger partial charge is 0.339 e. The fourth-order valence-corrected chi connectivity index (χ4v) is 1.36. The Morgan fingerprint density at radius 1 is 1.43 bits per heavy atom. The van der Waals surface area contributed by atoms with Crippen LogP contribution in [0.3, 0.4) is 0 Å². The predicted octanol–water partition coefficient (Wildman–Crippen LogP) is 2.36. The lowest BCUT2D eigenvalue weighted by Crippen LogP contribution is -2.28. The number of hydrogen-bond donors (Lipinski definition) is 0. The van der Waals surface area contributed by atoms with Crippen LogP contribution in [0.5, 0.6) is 0 Å². The fraction of sp³-hybridized carbons (Fsp3) is 0.417. The van der Waals surface area contributed by atoms with Crippen molar-refractivity contribution in [3.63, 3.8) is 0 Å². The first-order valence-corrected chi connectivity index (χ1v) is 4.90. The summed E-state index contributed by atoms with van der Waals surface area (Å²) in [6.45, 7) is 6.79. The minimum Gasteiger partial charge on any atom is -0.339 e. The smallest absolute Gasteiger partial charge is 0.210 e. The normalized spacial score (nSPS) is 10.3. The highest BCUT2D eigenvalue weighted by Crippen LogP contribution is 2.08. The van der Waals surface area contributed by atoms with Crippen LogP contribution in [0.1, 0.15) is 25.0 Å². The van der Waals surface area contributed by atoms with Crippen molar-refractivity contribution in [3.8, 4) is 0 Å². The van der Waals surface area contributed by atoms with Crippen LogP contribution in [0, 0.1) is 6.92 Å². The molecule has 0 fully saturated rings. The number of amides is 1. The number of nitrogens with zero attached hydrogens (tertiary/aromatic N) is 1. The Balaban J connectivity index is 2.72. The van der Waals surface area contributed by atoms with E-state index in [4.69, 9.17) is 0 Å². The third-order valence-corrected chi connectivity index (χ3v) is 2.25. The van der Waals surface area contributed by atoms with Crippen molar-refractivity contribution in [2.75, 3.05) is 0 Å². The Morgan fingerprint density at radius 2 is 2.14 bits per heavy atom. The molecule has 1 aromatic rings. The molecule has 0 saturated heterocycles. The SMILES string of the molecule is Cc1cccc(CN(C=O)C(C)C)c1. The molecule has 0 N–H and O–H groups in total. The summed E-state index contributed by atoms with van der Waals surface area (Å²) in [4.78, 5) is 12.5. The van der Waals surface area contributed by atoms with Crippen molar-refractivity contribution in [2.45, 2.75) is 33.4 Å². The summed E-state index contributed by atoms with van der Waals surface area (Å²) in [5.41, 5.74) is 2.42. The van der Waals surface area contributed by atoms with E-state index in [2.05, 4.69) is 19.1 Å². The number of benzene rings is 1. The molecule has 1 rings (SSSR count). The maximum atomic E-state index is 10.8. The Bertz CT molecular complexity index is 307. The van der Waals surface area contributed by atoms with Crippen molar-refractivity contribution >= 4 is 6.41 Å². The molecule has 0 aromatic heterocycles. The van der Waals surface area contributed by atoms with Crippen LogP contribution >= 0.6 is 0 Å². The second-order valence-electron chi connectivity index (χ2n) is 3.86. The number of hydrogen-bond acceptors (Lipinski definition) is 1. The summed E-state index contributed by atoms with van der Waals surface area (Å²) < 4.78 is 0. The van der Waals surface area contributed by atoms with Crippen molar-refractivity contribution in [2.24, 2.45) is 0 Å². The van der Waals surface area contributed by atoms with Crippen molar-refractivity contribution < 1.29 is 4.79 Å². The fourth-order valence-electron chi connectivity index (χ4n) is 1.36. The average molecular weight is 191 g/mol. The average Bonchev–Trinajstić information content (AvgIpc) is 2.14. The highest BCUT2D eigenvalue weighted by molar-refractivity contribution is 5.48. The molecule has 0 unspecified atom stereocenters. The van der Waals surface area contributed by atoms with Gasteiger partial charge in [0.2, 0.25) is 6.41 Å². The first-order valence-electron chi connectivity index (χ1n) is 4.90. The summed E-state index contributed by atoms with van der Waals surface area (Å²) >= 11 is 0. The summed E-state index contributed by atoms with van der Waals surface area (Å²) in [5.74, 6) is 0. The van der Waals surface area contributed by atoms with Crippen LogP contribution < -0.4 is 0 Å². The van der Waals surface area contributed by atoms with Crippen LogP contribution in [-0.2, 0) is 11.3 Å². The zero-order chi connectivity index (χ0) is 10.6. The van der Waals surface area contributed by atoms with Gasteiger partial charge in [0.15, 0.2) is 0 Å². The number of carbonyl (C=O) groups is 1. The molecule has 0 spiro atoms. The van der Waals surface area contributed by atoms with E-state index in [-0.39, 0.29) is 6.04 Å². The zero-order valence-corrected chi connectivity index (χ0v) is 9.03. The van der Waals surface area contributed by atoms with E-state index in [1.54, 1.807) is 4.90 Å². The molecule has 76 valence electrons. The molecule has 0 aliphatic heterocycles. The van der Waals surface area contributed by atoms with Gasteiger partial charge in [0, 0.05) is 12.6 Å². The lowest BCUT2D eigenvalue weighted by atomic mass is 10.1. The van der Waals surface area contributed by atoms with Gasteiger partial charge in [-0.05, 0) is 26.3 Å². The minimum atomic E-state index is 0.257. The lowest BCUT2D eigenvalue weighted by molar-refractivity contribution is -0.120. The van der Waals surface area contributed by atoms with Gasteiger partial charge in [0.05, 0.1) is 0 Å². The molecule has 0 aliphatic rings. The molecule has 2 nitrogen and oxygen atoms in total. The van der Waals surface area contributed by atoms with Gasteiger partial charge >= 0.3 is 0 Å². The van der Waals surface area contributed by atoms with Crippen LogP contribution in [0.15, 0.2) is 24.3 Å². The third kappa shape index (κ3) is 2.87. The van der Waals surface area contributed by atoms with Gasteiger partial charge in [-0.25, -0.2) is 0 Å². The van der Waals surface area contributed by atoms with Crippen LogP contribution in [0.25, 0.3) is 0 Å². The van der Waals surface area contributed by atoms with E-state index < -0.39 is 0 Å². The van der Waals surface area contributed by atoms with Gasteiger partial charge in [-0.15, -0.1) is 0 Å². The van der Waals surface area contributed by atoms with Crippen molar-refractivity contribution in [1.29, 1.82) is 0 Å². The topological polar surface area (TPSA) is 20.3 Å². The molecule has 14 heavy (non-hydrogen) atoms. The quantitative estimate of drug-likeness (QED) is 0.669.